The number of carbonyl (C=O) groups is 1. The van der Waals surface area contributed by atoms with Crippen LogP contribution in [-0.4, -0.2) is 23.3 Å². The molecule has 0 radical (unpaired) electrons. The first-order chi connectivity index (χ1) is 7.66. The minimum absolute atomic E-state index is 0.177. The van der Waals surface area contributed by atoms with Crippen molar-refractivity contribution in [3.8, 4) is 6.07 Å². The number of aliphatic hydroxyl groups excluding tert-OH is 1. The van der Waals surface area contributed by atoms with Crippen molar-refractivity contribution >= 4 is 5.97 Å². The zero-order valence-corrected chi connectivity index (χ0v) is 11.5. The van der Waals surface area contributed by atoms with Gasteiger partial charge in [0.1, 0.15) is 6.10 Å². The van der Waals surface area contributed by atoms with Crippen molar-refractivity contribution in [2.45, 2.75) is 53.8 Å². The van der Waals surface area contributed by atoms with Gasteiger partial charge in [0.25, 0.3) is 0 Å². The van der Waals surface area contributed by atoms with Crippen LogP contribution in [-0.2, 0) is 9.53 Å². The Balaban J connectivity index is 4.90. The highest BCUT2D eigenvalue weighted by molar-refractivity contribution is 5.80. The lowest BCUT2D eigenvalue weighted by atomic mass is 9.86. The van der Waals surface area contributed by atoms with E-state index in [0.29, 0.717) is 0 Å². The van der Waals surface area contributed by atoms with Gasteiger partial charge in [-0.05, 0) is 25.7 Å². The molecule has 0 aliphatic heterocycles. The second-order valence-corrected chi connectivity index (χ2v) is 5.35. The van der Waals surface area contributed by atoms with Crippen LogP contribution in [0.1, 0.15) is 41.5 Å². The molecule has 4 nitrogen and oxygen atoms in total. The Hall–Kier alpha value is -1.08. The Morgan fingerprint density at radius 3 is 1.88 bits per heavy atom. The third kappa shape index (κ3) is 3.71. The fraction of sp³-hybridized carbons (Fsp3) is 0.846. The topological polar surface area (TPSA) is 70.3 Å². The molecule has 17 heavy (non-hydrogen) atoms. The van der Waals surface area contributed by atoms with Gasteiger partial charge in [0, 0.05) is 0 Å². The molecule has 0 heterocycles. The van der Waals surface area contributed by atoms with Crippen LogP contribution in [0.3, 0.4) is 0 Å². The molecule has 0 aromatic heterocycles. The minimum Gasteiger partial charge on any atom is -0.461 e. The Kier molecular flexibility index (Phi) is 5.63. The van der Waals surface area contributed by atoms with Crippen LogP contribution in [0.15, 0.2) is 0 Å². The van der Waals surface area contributed by atoms with E-state index in [1.807, 2.05) is 33.8 Å². The average Bonchev–Trinajstić information content (AvgIpc) is 2.22. The SMILES string of the molecule is CC(C)C(OC(=O)[C@@](C)(C#N)[C@H](C)O)C(C)C. The Morgan fingerprint density at radius 2 is 1.65 bits per heavy atom. The van der Waals surface area contributed by atoms with Crippen LogP contribution >= 0.6 is 0 Å². The number of aliphatic hydroxyl groups is 1. The number of hydrogen-bond donors (Lipinski definition) is 1. The normalized spacial score (nSPS) is 16.8. The maximum atomic E-state index is 12.0. The summed E-state index contributed by atoms with van der Waals surface area (Å²) in [5, 5.41) is 18.5. The van der Waals surface area contributed by atoms with E-state index in [4.69, 9.17) is 10.00 Å². The summed E-state index contributed by atoms with van der Waals surface area (Å²) in [7, 11) is 0. The number of hydrogen-bond acceptors (Lipinski definition) is 4. The quantitative estimate of drug-likeness (QED) is 0.748. The largest absolute Gasteiger partial charge is 0.461 e. The Bertz CT molecular complexity index is 296. The van der Waals surface area contributed by atoms with Gasteiger partial charge in [-0.3, -0.25) is 4.79 Å². The van der Waals surface area contributed by atoms with Crippen LogP contribution in [0.25, 0.3) is 0 Å². The van der Waals surface area contributed by atoms with Crippen molar-refractivity contribution in [3.63, 3.8) is 0 Å². The number of ether oxygens (including phenoxy) is 1. The first-order valence-electron chi connectivity index (χ1n) is 5.97. The summed E-state index contributed by atoms with van der Waals surface area (Å²) in [5.41, 5.74) is -1.50. The molecular formula is C13H23NO3. The van der Waals surface area contributed by atoms with Crippen LogP contribution in [0.4, 0.5) is 0 Å². The Labute approximate surface area is 104 Å². The summed E-state index contributed by atoms with van der Waals surface area (Å²) in [6, 6.07) is 1.84. The van der Waals surface area contributed by atoms with E-state index in [-0.39, 0.29) is 17.9 Å². The van der Waals surface area contributed by atoms with Crippen molar-refractivity contribution in [2.75, 3.05) is 0 Å². The summed E-state index contributed by atoms with van der Waals surface area (Å²) < 4.78 is 5.37. The predicted octanol–water partition coefficient (Wildman–Crippen LogP) is 2.12. The monoisotopic (exact) mass is 241 g/mol. The molecule has 0 aliphatic rings. The highest BCUT2D eigenvalue weighted by Gasteiger charge is 2.42. The summed E-state index contributed by atoms with van der Waals surface area (Å²) in [6.45, 7) is 10.7. The van der Waals surface area contributed by atoms with E-state index in [0.717, 1.165) is 0 Å². The van der Waals surface area contributed by atoms with Gasteiger partial charge in [0.05, 0.1) is 12.2 Å². The van der Waals surface area contributed by atoms with E-state index in [1.54, 1.807) is 0 Å². The third-order valence-electron chi connectivity index (χ3n) is 3.05. The minimum atomic E-state index is -1.50. The van der Waals surface area contributed by atoms with Crippen LogP contribution in [0, 0.1) is 28.6 Å². The van der Waals surface area contributed by atoms with Crippen molar-refractivity contribution < 1.29 is 14.6 Å². The Morgan fingerprint density at radius 1 is 1.24 bits per heavy atom. The summed E-state index contributed by atoms with van der Waals surface area (Å²) in [4.78, 5) is 12.0. The van der Waals surface area contributed by atoms with Crippen LogP contribution < -0.4 is 0 Å². The van der Waals surface area contributed by atoms with Gasteiger partial charge < -0.3 is 9.84 Å². The molecule has 0 rings (SSSR count). The van der Waals surface area contributed by atoms with Crippen LogP contribution in [0.5, 0.6) is 0 Å². The van der Waals surface area contributed by atoms with Gasteiger partial charge in [0.2, 0.25) is 0 Å². The first-order valence-corrected chi connectivity index (χ1v) is 5.97. The van der Waals surface area contributed by atoms with E-state index in [9.17, 15) is 9.90 Å². The van der Waals surface area contributed by atoms with Crippen molar-refractivity contribution in [3.05, 3.63) is 0 Å². The fourth-order valence-electron chi connectivity index (χ4n) is 1.60. The summed E-state index contributed by atoms with van der Waals surface area (Å²) >= 11 is 0. The zero-order chi connectivity index (χ0) is 13.8. The predicted molar refractivity (Wildman–Crippen MR) is 65.0 cm³/mol. The summed E-state index contributed by atoms with van der Waals surface area (Å²) in [6.07, 6.45) is -1.30. The smallest absolute Gasteiger partial charge is 0.329 e. The number of esters is 1. The fourth-order valence-corrected chi connectivity index (χ4v) is 1.60. The van der Waals surface area contributed by atoms with Gasteiger partial charge in [-0.1, -0.05) is 27.7 Å². The van der Waals surface area contributed by atoms with E-state index >= 15 is 0 Å². The van der Waals surface area contributed by atoms with E-state index in [1.165, 1.54) is 13.8 Å². The standard InChI is InChI=1S/C13H23NO3/c1-8(2)11(9(3)4)17-12(16)13(6,7-14)10(5)15/h8-11,15H,1-6H3/t10-,13-/m0/s1. The maximum Gasteiger partial charge on any atom is 0.329 e. The van der Waals surface area contributed by atoms with Gasteiger partial charge in [-0.25, -0.2) is 0 Å². The first kappa shape index (κ1) is 15.9. The highest BCUT2D eigenvalue weighted by atomic mass is 16.5. The van der Waals surface area contributed by atoms with Crippen molar-refractivity contribution in [1.29, 1.82) is 5.26 Å². The number of carbonyl (C=O) groups excluding carboxylic acids is 1. The molecule has 0 unspecified atom stereocenters. The maximum absolute atomic E-state index is 12.0. The molecule has 2 atom stereocenters. The number of rotatable bonds is 5. The molecule has 1 N–H and O–H groups in total. The lowest BCUT2D eigenvalue weighted by Crippen LogP contribution is -2.42. The second kappa shape index (κ2) is 6.02. The molecule has 0 saturated heterocycles. The van der Waals surface area contributed by atoms with Crippen molar-refractivity contribution in [2.24, 2.45) is 17.3 Å². The molecule has 98 valence electrons. The zero-order valence-electron chi connectivity index (χ0n) is 11.5. The van der Waals surface area contributed by atoms with Crippen molar-refractivity contribution in [1.82, 2.24) is 0 Å². The third-order valence-corrected chi connectivity index (χ3v) is 3.05. The van der Waals surface area contributed by atoms with E-state index < -0.39 is 17.5 Å². The molecule has 0 aromatic carbocycles. The lowest BCUT2D eigenvalue weighted by Gasteiger charge is -2.30. The second-order valence-electron chi connectivity index (χ2n) is 5.35. The molecular weight excluding hydrogens is 218 g/mol. The molecule has 0 spiro atoms. The lowest BCUT2D eigenvalue weighted by molar-refractivity contribution is -0.167. The number of nitrogens with zero attached hydrogens (tertiary/aromatic N) is 1. The van der Waals surface area contributed by atoms with Gasteiger partial charge in [-0.2, -0.15) is 5.26 Å². The highest BCUT2D eigenvalue weighted by Crippen LogP contribution is 2.26. The van der Waals surface area contributed by atoms with Gasteiger partial charge >= 0.3 is 5.97 Å². The molecule has 0 bridgehead atoms. The van der Waals surface area contributed by atoms with Crippen LogP contribution in [0.2, 0.25) is 0 Å². The van der Waals surface area contributed by atoms with Gasteiger partial charge in [0.15, 0.2) is 5.41 Å². The molecule has 0 amide bonds. The molecule has 0 aromatic rings. The van der Waals surface area contributed by atoms with Gasteiger partial charge in [-0.15, -0.1) is 0 Å². The van der Waals surface area contributed by atoms with E-state index in [2.05, 4.69) is 0 Å². The summed E-state index contributed by atoms with van der Waals surface area (Å²) in [5.74, 6) is -0.297. The number of nitriles is 1. The molecule has 0 saturated carbocycles. The molecule has 4 heteroatoms. The molecule has 0 aliphatic carbocycles. The molecule has 0 fully saturated rings. The average molecular weight is 241 g/mol.